The quantitative estimate of drug-likeness (QED) is 0.718. The molecule has 5 heteroatoms. The van der Waals surface area contributed by atoms with Gasteiger partial charge < -0.3 is 19.4 Å². The zero-order valence-corrected chi connectivity index (χ0v) is 16.6. The van der Waals surface area contributed by atoms with Crippen molar-refractivity contribution in [3.05, 3.63) is 59.3 Å². The van der Waals surface area contributed by atoms with Crippen molar-refractivity contribution in [1.82, 2.24) is 9.88 Å². The number of fused-ring (bicyclic) bond motifs is 1. The second-order valence-corrected chi connectivity index (χ2v) is 7.37. The van der Waals surface area contributed by atoms with Crippen LogP contribution in [-0.2, 0) is 6.42 Å². The van der Waals surface area contributed by atoms with E-state index in [2.05, 4.69) is 24.0 Å². The molecule has 0 saturated carbocycles. The first kappa shape index (κ1) is 18.4. The van der Waals surface area contributed by atoms with E-state index in [9.17, 15) is 4.79 Å². The van der Waals surface area contributed by atoms with Crippen LogP contribution in [-0.4, -0.2) is 42.6 Å². The molecule has 1 N–H and O–H groups in total. The number of aryl methyl sites for hydroxylation is 1. The van der Waals surface area contributed by atoms with Crippen LogP contribution >= 0.6 is 0 Å². The molecule has 1 aliphatic heterocycles. The first-order chi connectivity index (χ1) is 13.6. The van der Waals surface area contributed by atoms with Gasteiger partial charge in [0.1, 0.15) is 11.5 Å². The van der Waals surface area contributed by atoms with Crippen molar-refractivity contribution < 1.29 is 14.3 Å². The van der Waals surface area contributed by atoms with Crippen LogP contribution in [0.1, 0.15) is 34.5 Å². The lowest BCUT2D eigenvalue weighted by molar-refractivity contribution is 0.0736. The minimum Gasteiger partial charge on any atom is -0.497 e. The van der Waals surface area contributed by atoms with Crippen LogP contribution in [0.3, 0.4) is 0 Å². The molecule has 2 heterocycles. The summed E-state index contributed by atoms with van der Waals surface area (Å²) in [6.45, 7) is 2.91. The van der Waals surface area contributed by atoms with Gasteiger partial charge in [-0.05, 0) is 74.2 Å². The molecule has 0 bridgehead atoms. The predicted octanol–water partition coefficient (Wildman–Crippen LogP) is 4.34. The molecule has 28 heavy (non-hydrogen) atoms. The molecule has 0 radical (unpaired) electrons. The Balaban J connectivity index is 1.59. The van der Waals surface area contributed by atoms with Crippen molar-refractivity contribution in [2.45, 2.75) is 32.2 Å². The van der Waals surface area contributed by atoms with Crippen molar-refractivity contribution in [1.29, 1.82) is 0 Å². The van der Waals surface area contributed by atoms with Crippen molar-refractivity contribution >= 4 is 16.8 Å². The maximum absolute atomic E-state index is 13.1. The van der Waals surface area contributed by atoms with E-state index in [0.717, 1.165) is 48.5 Å². The maximum Gasteiger partial charge on any atom is 0.254 e. The third-order valence-corrected chi connectivity index (χ3v) is 5.74. The Morgan fingerprint density at radius 1 is 1.11 bits per heavy atom. The number of aromatic nitrogens is 1. The Labute approximate surface area is 165 Å². The van der Waals surface area contributed by atoms with E-state index in [4.69, 9.17) is 9.47 Å². The number of methoxy groups -OCH3 is 2. The molecule has 5 nitrogen and oxygen atoms in total. The molecule has 0 spiro atoms. The lowest BCUT2D eigenvalue weighted by atomic mass is 10.0. The normalized spacial score (nSPS) is 16.5. The van der Waals surface area contributed by atoms with Gasteiger partial charge in [-0.25, -0.2) is 0 Å². The number of likely N-dealkylation sites (tertiary alicyclic amines) is 1. The van der Waals surface area contributed by atoms with E-state index < -0.39 is 0 Å². The highest BCUT2D eigenvalue weighted by Gasteiger charge is 2.30. The molecule has 1 unspecified atom stereocenters. The maximum atomic E-state index is 13.1. The second kappa shape index (κ2) is 7.58. The number of carbonyl (C=O) groups is 1. The van der Waals surface area contributed by atoms with Crippen molar-refractivity contribution in [2.24, 2.45) is 0 Å². The number of benzene rings is 2. The number of nitrogens with one attached hydrogen (secondary N) is 1. The van der Waals surface area contributed by atoms with Crippen molar-refractivity contribution in [3.8, 4) is 11.5 Å². The largest absolute Gasteiger partial charge is 0.497 e. The number of carbonyl (C=O) groups excluding carboxylic acids is 1. The Kier molecular flexibility index (Phi) is 4.99. The smallest absolute Gasteiger partial charge is 0.254 e. The zero-order chi connectivity index (χ0) is 19.7. The van der Waals surface area contributed by atoms with Gasteiger partial charge >= 0.3 is 0 Å². The van der Waals surface area contributed by atoms with Gasteiger partial charge in [0.25, 0.3) is 5.91 Å². The number of rotatable bonds is 5. The van der Waals surface area contributed by atoms with Crippen LogP contribution < -0.4 is 9.47 Å². The molecule has 1 amide bonds. The first-order valence-corrected chi connectivity index (χ1v) is 9.71. The Morgan fingerprint density at radius 3 is 2.54 bits per heavy atom. The topological polar surface area (TPSA) is 54.6 Å². The van der Waals surface area contributed by atoms with Crippen LogP contribution in [0, 0.1) is 6.92 Å². The number of amides is 1. The average Bonchev–Trinajstić information content (AvgIpc) is 3.32. The van der Waals surface area contributed by atoms with Gasteiger partial charge in [0.05, 0.1) is 14.2 Å². The third-order valence-electron chi connectivity index (χ3n) is 5.74. The molecule has 3 aromatic rings. The van der Waals surface area contributed by atoms with Crippen LogP contribution in [0.2, 0.25) is 0 Å². The Bertz CT molecular complexity index is 991. The molecule has 1 fully saturated rings. The predicted molar refractivity (Wildman–Crippen MR) is 110 cm³/mol. The van der Waals surface area contributed by atoms with Gasteiger partial charge in [-0.1, -0.05) is 0 Å². The van der Waals surface area contributed by atoms with Gasteiger partial charge in [-0.2, -0.15) is 0 Å². The first-order valence-electron chi connectivity index (χ1n) is 9.71. The molecule has 1 aromatic heterocycles. The molecule has 4 rings (SSSR count). The lowest BCUT2D eigenvalue weighted by Gasteiger charge is -2.25. The van der Waals surface area contributed by atoms with Gasteiger partial charge in [-0.15, -0.1) is 0 Å². The fourth-order valence-corrected chi connectivity index (χ4v) is 4.20. The molecule has 1 aliphatic rings. The van der Waals surface area contributed by atoms with E-state index in [1.54, 1.807) is 14.2 Å². The zero-order valence-electron chi connectivity index (χ0n) is 16.6. The summed E-state index contributed by atoms with van der Waals surface area (Å²) < 4.78 is 10.6. The van der Waals surface area contributed by atoms with E-state index in [-0.39, 0.29) is 11.9 Å². The Morgan fingerprint density at radius 2 is 1.82 bits per heavy atom. The molecular weight excluding hydrogens is 352 g/mol. The van der Waals surface area contributed by atoms with Crippen LogP contribution in [0.5, 0.6) is 11.5 Å². The van der Waals surface area contributed by atoms with Crippen molar-refractivity contribution in [2.75, 3.05) is 20.8 Å². The van der Waals surface area contributed by atoms with Gasteiger partial charge in [0.15, 0.2) is 0 Å². The minimum absolute atomic E-state index is 0.0974. The van der Waals surface area contributed by atoms with Gasteiger partial charge in [-0.3, -0.25) is 4.79 Å². The van der Waals surface area contributed by atoms with E-state index in [1.807, 2.05) is 35.2 Å². The summed E-state index contributed by atoms with van der Waals surface area (Å²) in [7, 11) is 3.32. The highest BCUT2D eigenvalue weighted by Crippen LogP contribution is 2.31. The summed E-state index contributed by atoms with van der Waals surface area (Å²) in [4.78, 5) is 18.6. The molecule has 1 atom stereocenters. The summed E-state index contributed by atoms with van der Waals surface area (Å²) in [5.41, 5.74) is 4.25. The highest BCUT2D eigenvalue weighted by atomic mass is 16.5. The van der Waals surface area contributed by atoms with E-state index in [0.29, 0.717) is 5.56 Å². The fraction of sp³-hybridized carbons (Fsp3) is 0.348. The number of aromatic amines is 1. The van der Waals surface area contributed by atoms with Crippen LogP contribution in [0.4, 0.5) is 0 Å². The summed E-state index contributed by atoms with van der Waals surface area (Å²) in [5.74, 6) is 1.71. The van der Waals surface area contributed by atoms with Crippen LogP contribution in [0.25, 0.3) is 10.9 Å². The van der Waals surface area contributed by atoms with E-state index >= 15 is 0 Å². The minimum atomic E-state index is 0.0974. The number of ether oxygens (including phenoxy) is 2. The van der Waals surface area contributed by atoms with Crippen molar-refractivity contribution in [3.63, 3.8) is 0 Å². The molecule has 0 aliphatic carbocycles. The standard InChI is InChI=1S/C23H26N2O3/c1-15-20(21-14-19(28-3)10-11-22(21)24-15)13-17-5-4-12-25(17)23(26)16-6-8-18(27-2)9-7-16/h6-11,14,17,24H,4-5,12-13H2,1-3H3. The molecule has 1 saturated heterocycles. The van der Waals surface area contributed by atoms with Crippen LogP contribution in [0.15, 0.2) is 42.5 Å². The monoisotopic (exact) mass is 378 g/mol. The summed E-state index contributed by atoms with van der Waals surface area (Å²) >= 11 is 0. The SMILES string of the molecule is COc1ccc(C(=O)N2CCCC2Cc2c(C)[nH]c3ccc(OC)cc23)cc1. The molecule has 146 valence electrons. The average molecular weight is 378 g/mol. The number of H-pyrrole nitrogens is 1. The lowest BCUT2D eigenvalue weighted by Crippen LogP contribution is -2.36. The fourth-order valence-electron chi connectivity index (χ4n) is 4.20. The Hall–Kier alpha value is -2.95. The second-order valence-electron chi connectivity index (χ2n) is 7.37. The summed E-state index contributed by atoms with van der Waals surface area (Å²) in [6, 6.07) is 13.7. The summed E-state index contributed by atoms with van der Waals surface area (Å²) in [6.07, 6.45) is 2.91. The number of hydrogen-bond acceptors (Lipinski definition) is 3. The van der Waals surface area contributed by atoms with E-state index in [1.165, 1.54) is 10.9 Å². The number of hydrogen-bond donors (Lipinski definition) is 1. The molecular formula is C23H26N2O3. The highest BCUT2D eigenvalue weighted by molar-refractivity contribution is 5.95. The number of nitrogens with zero attached hydrogens (tertiary/aromatic N) is 1. The van der Waals surface area contributed by atoms with Gasteiger partial charge in [0, 0.05) is 34.7 Å². The van der Waals surface area contributed by atoms with Gasteiger partial charge in [0.2, 0.25) is 0 Å². The molecule has 2 aromatic carbocycles. The summed E-state index contributed by atoms with van der Waals surface area (Å²) in [5, 5.41) is 1.18. The third kappa shape index (κ3) is 3.33.